The highest BCUT2D eigenvalue weighted by Crippen LogP contribution is 2.21. The van der Waals surface area contributed by atoms with Gasteiger partial charge in [-0.05, 0) is 37.4 Å². The number of carbonyl (C=O) groups is 1. The van der Waals surface area contributed by atoms with Gasteiger partial charge in [-0.3, -0.25) is 4.79 Å². The minimum Gasteiger partial charge on any atom is -0.487 e. The highest BCUT2D eigenvalue weighted by molar-refractivity contribution is 7.10. The number of para-hydroxylation sites is 1. The first-order valence-corrected chi connectivity index (χ1v) is 10.5. The third kappa shape index (κ3) is 5.52. The van der Waals surface area contributed by atoms with Gasteiger partial charge in [0.15, 0.2) is 0 Å². The molecule has 0 radical (unpaired) electrons. The molecule has 0 N–H and O–H groups in total. The van der Waals surface area contributed by atoms with E-state index in [0.29, 0.717) is 19.7 Å². The third-order valence-corrected chi connectivity index (χ3v) is 5.67. The van der Waals surface area contributed by atoms with Gasteiger partial charge in [-0.15, -0.1) is 22.7 Å². The van der Waals surface area contributed by atoms with Gasteiger partial charge < -0.3 is 9.64 Å². The first kappa shape index (κ1) is 19.3. The fourth-order valence-electron chi connectivity index (χ4n) is 2.58. The number of hydrogen-bond donors (Lipinski definition) is 0. The summed E-state index contributed by atoms with van der Waals surface area (Å²) in [5, 5.41) is 5.06. The Labute approximate surface area is 167 Å². The number of nitrogens with zero attached hydrogens (tertiary/aromatic N) is 2. The van der Waals surface area contributed by atoms with E-state index in [4.69, 9.17) is 4.74 Å². The molecule has 0 bridgehead atoms. The quantitative estimate of drug-likeness (QED) is 0.493. The van der Waals surface area contributed by atoms with Gasteiger partial charge in [0.1, 0.15) is 12.4 Å². The molecule has 3 rings (SSSR count). The van der Waals surface area contributed by atoms with E-state index in [1.165, 1.54) is 4.88 Å². The van der Waals surface area contributed by atoms with Crippen molar-refractivity contribution in [3.8, 4) is 5.75 Å². The van der Waals surface area contributed by atoms with Crippen LogP contribution in [0.15, 0.2) is 53.2 Å². The lowest BCUT2D eigenvalue weighted by Gasteiger charge is -2.18. The molecule has 0 unspecified atom stereocenters. The first-order chi connectivity index (χ1) is 13.2. The van der Waals surface area contributed by atoms with E-state index in [2.05, 4.69) is 4.98 Å². The van der Waals surface area contributed by atoms with E-state index in [0.717, 1.165) is 22.0 Å². The van der Waals surface area contributed by atoms with E-state index in [1.54, 1.807) is 28.7 Å². The maximum Gasteiger partial charge on any atom is 0.246 e. The minimum absolute atomic E-state index is 0.00386. The first-order valence-electron chi connectivity index (χ1n) is 8.78. The number of rotatable bonds is 8. The minimum atomic E-state index is -0.00386. The predicted octanol–water partition coefficient (Wildman–Crippen LogP) is 5.15. The average Bonchev–Trinajstić information content (AvgIpc) is 3.34. The van der Waals surface area contributed by atoms with Gasteiger partial charge in [0.25, 0.3) is 0 Å². The third-order valence-electron chi connectivity index (χ3n) is 3.99. The summed E-state index contributed by atoms with van der Waals surface area (Å²) in [4.78, 5) is 20.0. The molecular weight excluding hydrogens is 376 g/mol. The molecule has 2 aromatic heterocycles. The number of thiazole rings is 1. The molecule has 4 nitrogen and oxygen atoms in total. The number of likely N-dealkylation sites (N-methyl/N-ethyl adjacent to an activating group) is 1. The normalized spacial score (nSPS) is 11.0. The number of aryl methyl sites for hydroxylation is 1. The Morgan fingerprint density at radius 1 is 1.22 bits per heavy atom. The summed E-state index contributed by atoms with van der Waals surface area (Å²) in [6.07, 6.45) is 3.44. The lowest BCUT2D eigenvalue weighted by atomic mass is 10.2. The number of carbonyl (C=O) groups excluding carboxylic acids is 1. The fourth-order valence-corrected chi connectivity index (χ4v) is 3.90. The van der Waals surface area contributed by atoms with E-state index in [9.17, 15) is 4.79 Å². The summed E-state index contributed by atoms with van der Waals surface area (Å²) < 4.78 is 5.91. The van der Waals surface area contributed by atoms with Crippen molar-refractivity contribution in [3.05, 3.63) is 74.4 Å². The van der Waals surface area contributed by atoms with Crippen LogP contribution in [-0.4, -0.2) is 22.3 Å². The number of ether oxygens (including phenoxy) is 1. The zero-order chi connectivity index (χ0) is 19.1. The summed E-state index contributed by atoms with van der Waals surface area (Å²) in [7, 11) is 0. The number of thiophene rings is 1. The fraction of sp³-hybridized carbons (Fsp3) is 0.238. The molecular formula is C21H22N2O2S2. The molecule has 0 saturated heterocycles. The van der Waals surface area contributed by atoms with Gasteiger partial charge in [-0.1, -0.05) is 24.3 Å². The zero-order valence-corrected chi connectivity index (χ0v) is 17.1. The number of hydrogen-bond acceptors (Lipinski definition) is 5. The Balaban J connectivity index is 1.65. The number of aromatic nitrogens is 1. The summed E-state index contributed by atoms with van der Waals surface area (Å²) >= 11 is 3.27. The van der Waals surface area contributed by atoms with Crippen LogP contribution in [0, 0.1) is 6.92 Å². The second-order valence-electron chi connectivity index (χ2n) is 5.95. The molecule has 1 aromatic carbocycles. The van der Waals surface area contributed by atoms with Crippen LogP contribution in [0.4, 0.5) is 0 Å². The SMILES string of the molecule is CCN(Cc1cccs1)C(=O)/C=C/c1ccccc1OCc1csc(C)n1. The Morgan fingerprint density at radius 3 is 2.78 bits per heavy atom. The van der Waals surface area contributed by atoms with Gasteiger partial charge in [0.05, 0.1) is 17.2 Å². The molecule has 0 spiro atoms. The Kier molecular flexibility index (Phi) is 6.79. The van der Waals surface area contributed by atoms with E-state index in [-0.39, 0.29) is 5.91 Å². The Bertz CT molecular complexity index is 901. The van der Waals surface area contributed by atoms with Crippen molar-refractivity contribution in [2.45, 2.75) is 27.0 Å². The summed E-state index contributed by atoms with van der Waals surface area (Å²) in [5.41, 5.74) is 1.80. The molecule has 6 heteroatoms. The van der Waals surface area contributed by atoms with E-state index >= 15 is 0 Å². The summed E-state index contributed by atoms with van der Waals surface area (Å²) in [5.74, 6) is 0.740. The summed E-state index contributed by atoms with van der Waals surface area (Å²) in [6, 6.07) is 11.8. The van der Waals surface area contributed by atoms with Crippen LogP contribution in [0.25, 0.3) is 6.08 Å². The second-order valence-corrected chi connectivity index (χ2v) is 8.04. The number of benzene rings is 1. The molecule has 0 aliphatic heterocycles. The van der Waals surface area contributed by atoms with Gasteiger partial charge in [0.2, 0.25) is 5.91 Å². The standard InChI is InChI=1S/C21H22N2O2S2/c1-3-23(13-19-8-6-12-26-19)21(24)11-10-17-7-4-5-9-20(17)25-14-18-15-27-16(2)22-18/h4-12,15H,3,13-14H2,1-2H3/b11-10+. The number of amides is 1. The Hall–Kier alpha value is -2.44. The zero-order valence-electron chi connectivity index (χ0n) is 15.4. The van der Waals surface area contributed by atoms with Crippen molar-refractivity contribution in [2.24, 2.45) is 0 Å². The maximum atomic E-state index is 12.6. The molecule has 0 aliphatic rings. The van der Waals surface area contributed by atoms with Crippen LogP contribution in [0.5, 0.6) is 5.75 Å². The molecule has 0 saturated carbocycles. The summed E-state index contributed by atoms with van der Waals surface area (Å²) in [6.45, 7) is 5.70. The topological polar surface area (TPSA) is 42.4 Å². The predicted molar refractivity (Wildman–Crippen MR) is 112 cm³/mol. The molecule has 3 aromatic rings. The maximum absolute atomic E-state index is 12.6. The van der Waals surface area contributed by atoms with Crippen molar-refractivity contribution in [2.75, 3.05) is 6.54 Å². The van der Waals surface area contributed by atoms with Crippen molar-refractivity contribution < 1.29 is 9.53 Å². The molecule has 27 heavy (non-hydrogen) atoms. The van der Waals surface area contributed by atoms with Crippen molar-refractivity contribution in [1.82, 2.24) is 9.88 Å². The molecule has 1 amide bonds. The van der Waals surface area contributed by atoms with Crippen LogP contribution in [-0.2, 0) is 17.9 Å². The monoisotopic (exact) mass is 398 g/mol. The van der Waals surface area contributed by atoms with Crippen LogP contribution >= 0.6 is 22.7 Å². The van der Waals surface area contributed by atoms with E-state index < -0.39 is 0 Å². The van der Waals surface area contributed by atoms with Crippen LogP contribution < -0.4 is 4.74 Å². The molecule has 0 fully saturated rings. The van der Waals surface area contributed by atoms with Crippen molar-refractivity contribution >= 4 is 34.7 Å². The molecule has 2 heterocycles. The highest BCUT2D eigenvalue weighted by Gasteiger charge is 2.10. The van der Waals surface area contributed by atoms with Crippen LogP contribution in [0.3, 0.4) is 0 Å². The molecule has 0 atom stereocenters. The van der Waals surface area contributed by atoms with Crippen molar-refractivity contribution in [3.63, 3.8) is 0 Å². The van der Waals surface area contributed by atoms with Gasteiger partial charge in [-0.25, -0.2) is 4.98 Å². The lowest BCUT2D eigenvalue weighted by Crippen LogP contribution is -2.28. The highest BCUT2D eigenvalue weighted by atomic mass is 32.1. The Morgan fingerprint density at radius 2 is 2.07 bits per heavy atom. The molecule has 0 aliphatic carbocycles. The van der Waals surface area contributed by atoms with Crippen LogP contribution in [0.1, 0.15) is 28.1 Å². The molecule has 140 valence electrons. The lowest BCUT2D eigenvalue weighted by molar-refractivity contribution is -0.126. The van der Waals surface area contributed by atoms with Gasteiger partial charge >= 0.3 is 0 Å². The van der Waals surface area contributed by atoms with Gasteiger partial charge in [0, 0.05) is 28.4 Å². The van der Waals surface area contributed by atoms with Crippen LogP contribution in [0.2, 0.25) is 0 Å². The van der Waals surface area contributed by atoms with Gasteiger partial charge in [-0.2, -0.15) is 0 Å². The van der Waals surface area contributed by atoms with E-state index in [1.807, 2.05) is 72.0 Å². The second kappa shape index (κ2) is 9.48. The smallest absolute Gasteiger partial charge is 0.246 e. The largest absolute Gasteiger partial charge is 0.487 e. The average molecular weight is 399 g/mol. The van der Waals surface area contributed by atoms with Crippen molar-refractivity contribution in [1.29, 1.82) is 0 Å².